The molecule has 3 nitrogen and oxygen atoms in total. The number of nitriles is 1. The predicted molar refractivity (Wildman–Crippen MR) is 51.8 cm³/mol. The molecule has 0 N–H and O–H groups in total. The number of halogens is 4. The summed E-state index contributed by atoms with van der Waals surface area (Å²) in [6.07, 6.45) is -1.90. The Bertz CT molecular complexity index is 459. The molecule has 0 aliphatic carbocycles. The SMILES string of the molecule is N#Cc1ncc(Br)c(C(=O)Cl)c1C(F)F. The highest BCUT2D eigenvalue weighted by molar-refractivity contribution is 9.10. The molecule has 0 fully saturated rings. The molecule has 0 radical (unpaired) electrons. The number of carbonyl (C=O) groups is 1. The molecule has 1 aromatic heterocycles. The highest BCUT2D eigenvalue weighted by atomic mass is 79.9. The highest BCUT2D eigenvalue weighted by Crippen LogP contribution is 2.31. The maximum atomic E-state index is 12.6. The first kappa shape index (κ1) is 12.0. The molecule has 0 saturated carbocycles. The summed E-state index contributed by atoms with van der Waals surface area (Å²) >= 11 is 8.02. The van der Waals surface area contributed by atoms with Gasteiger partial charge in [0.2, 0.25) is 0 Å². The summed E-state index contributed by atoms with van der Waals surface area (Å²) < 4.78 is 25.2. The molecule has 78 valence electrons. The molecule has 0 saturated heterocycles. The van der Waals surface area contributed by atoms with Gasteiger partial charge in [-0.1, -0.05) is 0 Å². The van der Waals surface area contributed by atoms with Gasteiger partial charge in [0.1, 0.15) is 11.8 Å². The van der Waals surface area contributed by atoms with Crippen LogP contribution in [0, 0.1) is 11.3 Å². The van der Waals surface area contributed by atoms with Gasteiger partial charge in [0.15, 0.2) is 0 Å². The molecule has 7 heteroatoms. The fraction of sp³-hybridized carbons (Fsp3) is 0.125. The minimum atomic E-state index is -2.98. The Morgan fingerprint density at radius 1 is 1.67 bits per heavy atom. The summed E-state index contributed by atoms with van der Waals surface area (Å²) in [6.45, 7) is 0. The first-order valence-electron chi connectivity index (χ1n) is 3.55. The van der Waals surface area contributed by atoms with E-state index in [1.807, 2.05) is 0 Å². The smallest absolute Gasteiger partial charge is 0.267 e. The van der Waals surface area contributed by atoms with Crippen LogP contribution in [-0.2, 0) is 0 Å². The largest absolute Gasteiger partial charge is 0.276 e. The van der Waals surface area contributed by atoms with Gasteiger partial charge < -0.3 is 0 Å². The van der Waals surface area contributed by atoms with E-state index in [9.17, 15) is 13.6 Å². The van der Waals surface area contributed by atoms with E-state index in [2.05, 4.69) is 20.9 Å². The summed E-state index contributed by atoms with van der Waals surface area (Å²) in [4.78, 5) is 14.4. The number of hydrogen-bond donors (Lipinski definition) is 0. The van der Waals surface area contributed by atoms with E-state index in [0.29, 0.717) is 0 Å². The summed E-state index contributed by atoms with van der Waals surface area (Å²) in [5, 5.41) is 7.49. The topological polar surface area (TPSA) is 53.8 Å². The maximum absolute atomic E-state index is 12.6. The third kappa shape index (κ3) is 2.30. The molecule has 1 heterocycles. The fourth-order valence-corrected chi connectivity index (χ4v) is 1.82. The van der Waals surface area contributed by atoms with Gasteiger partial charge in [-0.2, -0.15) is 5.26 Å². The van der Waals surface area contributed by atoms with Crippen LogP contribution < -0.4 is 0 Å². The van der Waals surface area contributed by atoms with Crippen molar-refractivity contribution in [3.63, 3.8) is 0 Å². The Morgan fingerprint density at radius 2 is 2.27 bits per heavy atom. The number of carbonyl (C=O) groups excluding carboxylic acids is 1. The molecule has 0 atom stereocenters. The van der Waals surface area contributed by atoms with Crippen molar-refractivity contribution in [3.8, 4) is 6.07 Å². The maximum Gasteiger partial charge on any atom is 0.267 e. The zero-order valence-corrected chi connectivity index (χ0v) is 9.31. The number of rotatable bonds is 2. The first-order valence-corrected chi connectivity index (χ1v) is 4.72. The van der Waals surface area contributed by atoms with Crippen LogP contribution in [0.4, 0.5) is 8.78 Å². The minimum Gasteiger partial charge on any atom is -0.276 e. The Kier molecular flexibility index (Phi) is 3.72. The monoisotopic (exact) mass is 294 g/mol. The molecule has 0 spiro atoms. The van der Waals surface area contributed by atoms with Crippen molar-refractivity contribution in [2.75, 3.05) is 0 Å². The Balaban J connectivity index is 3.60. The molecular formula is C8H2BrClF2N2O. The van der Waals surface area contributed by atoms with Crippen LogP contribution in [0.2, 0.25) is 0 Å². The van der Waals surface area contributed by atoms with Crippen molar-refractivity contribution < 1.29 is 13.6 Å². The second-order valence-corrected chi connectivity index (χ2v) is 3.63. The first-order chi connectivity index (χ1) is 6.99. The standard InChI is InChI=1S/C8H2BrClF2N2O/c9-3-2-14-4(1-13)6(8(11)12)5(3)7(10)15/h2,8H. The van der Waals surface area contributed by atoms with E-state index in [0.717, 1.165) is 6.20 Å². The lowest BCUT2D eigenvalue weighted by Gasteiger charge is -2.07. The predicted octanol–water partition coefficient (Wildman–Crippen LogP) is 3.03. The summed E-state index contributed by atoms with van der Waals surface area (Å²) in [5.41, 5.74) is -1.66. The summed E-state index contributed by atoms with van der Waals surface area (Å²) in [5.74, 6) is 0. The molecule has 0 aromatic carbocycles. The Hall–Kier alpha value is -1.06. The van der Waals surface area contributed by atoms with Crippen LogP contribution in [0.15, 0.2) is 10.7 Å². The lowest BCUT2D eigenvalue weighted by atomic mass is 10.1. The van der Waals surface area contributed by atoms with Crippen molar-refractivity contribution in [2.24, 2.45) is 0 Å². The van der Waals surface area contributed by atoms with Gasteiger partial charge in [0.05, 0.1) is 11.1 Å². The molecule has 1 rings (SSSR count). The van der Waals surface area contributed by atoms with Gasteiger partial charge in [-0.25, -0.2) is 13.8 Å². The molecule has 0 aliphatic heterocycles. The van der Waals surface area contributed by atoms with E-state index in [1.54, 1.807) is 0 Å². The second-order valence-electron chi connectivity index (χ2n) is 2.43. The quantitative estimate of drug-likeness (QED) is 0.788. The van der Waals surface area contributed by atoms with Crippen molar-refractivity contribution >= 4 is 32.8 Å². The fourth-order valence-electron chi connectivity index (χ4n) is 1.00. The zero-order valence-electron chi connectivity index (χ0n) is 6.97. The van der Waals surface area contributed by atoms with Crippen molar-refractivity contribution in [3.05, 3.63) is 27.5 Å². The van der Waals surface area contributed by atoms with E-state index in [-0.39, 0.29) is 4.47 Å². The van der Waals surface area contributed by atoms with E-state index in [1.165, 1.54) is 6.07 Å². The van der Waals surface area contributed by atoms with Gasteiger partial charge in [0.25, 0.3) is 11.7 Å². The van der Waals surface area contributed by atoms with Crippen LogP contribution in [0.5, 0.6) is 0 Å². The lowest BCUT2D eigenvalue weighted by molar-refractivity contribution is 0.106. The van der Waals surface area contributed by atoms with E-state index in [4.69, 9.17) is 16.9 Å². The zero-order chi connectivity index (χ0) is 11.6. The number of aromatic nitrogens is 1. The van der Waals surface area contributed by atoms with E-state index >= 15 is 0 Å². The number of nitrogens with zero attached hydrogens (tertiary/aromatic N) is 2. The van der Waals surface area contributed by atoms with Crippen molar-refractivity contribution in [1.29, 1.82) is 5.26 Å². The van der Waals surface area contributed by atoms with Crippen LogP contribution >= 0.6 is 27.5 Å². The highest BCUT2D eigenvalue weighted by Gasteiger charge is 2.25. The van der Waals surface area contributed by atoms with Crippen LogP contribution in [0.1, 0.15) is 28.0 Å². The average Bonchev–Trinajstić information content (AvgIpc) is 2.16. The van der Waals surface area contributed by atoms with E-state index < -0.39 is 28.5 Å². The molecule has 0 aliphatic rings. The van der Waals surface area contributed by atoms with Crippen LogP contribution in [0.3, 0.4) is 0 Å². The molecule has 15 heavy (non-hydrogen) atoms. The molecular weight excluding hydrogens is 293 g/mol. The second kappa shape index (κ2) is 4.64. The minimum absolute atomic E-state index is 0.0387. The molecule has 0 unspecified atom stereocenters. The normalized spacial score (nSPS) is 10.1. The van der Waals surface area contributed by atoms with Gasteiger partial charge in [0, 0.05) is 10.7 Å². The third-order valence-electron chi connectivity index (χ3n) is 1.59. The Morgan fingerprint density at radius 3 is 2.67 bits per heavy atom. The van der Waals surface area contributed by atoms with Gasteiger partial charge in [-0.15, -0.1) is 0 Å². The summed E-state index contributed by atoms with van der Waals surface area (Å²) in [6, 6.07) is 1.48. The average molecular weight is 295 g/mol. The Labute approximate surface area is 96.8 Å². The lowest BCUT2D eigenvalue weighted by Crippen LogP contribution is -2.05. The van der Waals surface area contributed by atoms with Crippen LogP contribution in [-0.4, -0.2) is 10.2 Å². The number of alkyl halides is 2. The third-order valence-corrected chi connectivity index (χ3v) is 2.38. The molecule has 0 bridgehead atoms. The number of hydrogen-bond acceptors (Lipinski definition) is 3. The van der Waals surface area contributed by atoms with Crippen molar-refractivity contribution in [1.82, 2.24) is 4.98 Å². The summed E-state index contributed by atoms with van der Waals surface area (Å²) in [7, 11) is 0. The van der Waals surface area contributed by atoms with Crippen molar-refractivity contribution in [2.45, 2.75) is 6.43 Å². The van der Waals surface area contributed by atoms with Gasteiger partial charge in [-0.05, 0) is 27.5 Å². The van der Waals surface area contributed by atoms with Gasteiger partial charge in [-0.3, -0.25) is 4.79 Å². The molecule has 0 amide bonds. The number of pyridine rings is 1. The molecule has 1 aromatic rings. The van der Waals surface area contributed by atoms with Crippen LogP contribution in [0.25, 0.3) is 0 Å². The van der Waals surface area contributed by atoms with Gasteiger partial charge >= 0.3 is 0 Å².